The number of carbonyl (C=O) groups is 1. The first-order chi connectivity index (χ1) is 8.70. The zero-order chi connectivity index (χ0) is 14.6. The van der Waals surface area contributed by atoms with E-state index in [1.165, 1.54) is 0 Å². The van der Waals surface area contributed by atoms with Crippen LogP contribution in [0.1, 0.15) is 10.4 Å². The van der Waals surface area contributed by atoms with Crippen LogP contribution in [0.5, 0.6) is 0 Å². The molecule has 0 saturated heterocycles. The number of rotatable bonds is 6. The number of hydrogen-bond acceptors (Lipinski definition) is 7. The minimum absolute atomic E-state index is 0.00125. The van der Waals surface area contributed by atoms with Crippen molar-refractivity contribution in [3.05, 3.63) is 27.9 Å². The van der Waals surface area contributed by atoms with E-state index in [9.17, 15) is 23.3 Å². The van der Waals surface area contributed by atoms with Gasteiger partial charge in [0.05, 0.1) is 16.2 Å². The predicted octanol–water partition coefficient (Wildman–Crippen LogP) is 0.825. The SMILES string of the molecule is CS(=O)(=O)CCSc1ncc(C(=O)O)cc1[N+](=O)[O-]. The van der Waals surface area contributed by atoms with Crippen LogP contribution in [-0.4, -0.2) is 47.2 Å². The van der Waals surface area contributed by atoms with E-state index in [1.807, 2.05) is 0 Å². The van der Waals surface area contributed by atoms with Gasteiger partial charge in [0.2, 0.25) is 0 Å². The van der Waals surface area contributed by atoms with Crippen LogP contribution in [0.15, 0.2) is 17.3 Å². The third-order valence-electron chi connectivity index (χ3n) is 1.97. The van der Waals surface area contributed by atoms with E-state index >= 15 is 0 Å². The van der Waals surface area contributed by atoms with Gasteiger partial charge in [-0.05, 0) is 0 Å². The summed E-state index contributed by atoms with van der Waals surface area (Å²) in [4.78, 5) is 24.4. The molecule has 1 N–H and O–H groups in total. The molecule has 0 aromatic carbocycles. The highest BCUT2D eigenvalue weighted by Gasteiger charge is 2.19. The van der Waals surface area contributed by atoms with Gasteiger partial charge in [0, 0.05) is 24.3 Å². The normalized spacial score (nSPS) is 11.2. The molecule has 1 aromatic heterocycles. The summed E-state index contributed by atoms with van der Waals surface area (Å²) in [5.41, 5.74) is -0.738. The summed E-state index contributed by atoms with van der Waals surface area (Å²) in [6.45, 7) is 0. The zero-order valence-corrected chi connectivity index (χ0v) is 11.4. The van der Waals surface area contributed by atoms with E-state index < -0.39 is 26.4 Å². The third-order valence-corrected chi connectivity index (χ3v) is 4.17. The van der Waals surface area contributed by atoms with Crippen molar-refractivity contribution in [1.82, 2.24) is 4.98 Å². The largest absolute Gasteiger partial charge is 0.478 e. The van der Waals surface area contributed by atoms with Crippen molar-refractivity contribution in [3.8, 4) is 0 Å². The average molecular weight is 306 g/mol. The highest BCUT2D eigenvalue weighted by molar-refractivity contribution is 8.00. The van der Waals surface area contributed by atoms with Gasteiger partial charge >= 0.3 is 11.7 Å². The summed E-state index contributed by atoms with van der Waals surface area (Å²) in [6, 6.07) is 0.901. The summed E-state index contributed by atoms with van der Waals surface area (Å²) in [5.74, 6) is -1.35. The number of aromatic carboxylic acids is 1. The molecule has 0 spiro atoms. The van der Waals surface area contributed by atoms with Gasteiger partial charge in [0.1, 0.15) is 9.84 Å². The number of thioether (sulfide) groups is 1. The third kappa shape index (κ3) is 4.83. The van der Waals surface area contributed by atoms with Crippen LogP contribution in [0.4, 0.5) is 5.69 Å². The Morgan fingerprint density at radius 1 is 1.58 bits per heavy atom. The van der Waals surface area contributed by atoms with Gasteiger partial charge in [-0.15, -0.1) is 0 Å². The van der Waals surface area contributed by atoms with E-state index in [4.69, 9.17) is 5.11 Å². The Kier molecular flexibility index (Phi) is 4.84. The first-order valence-electron chi connectivity index (χ1n) is 4.89. The second kappa shape index (κ2) is 5.97. The van der Waals surface area contributed by atoms with Gasteiger partial charge in [-0.2, -0.15) is 0 Å². The maximum absolute atomic E-state index is 10.9. The Morgan fingerprint density at radius 3 is 2.68 bits per heavy atom. The lowest BCUT2D eigenvalue weighted by Crippen LogP contribution is -2.06. The second-order valence-electron chi connectivity index (χ2n) is 3.59. The fourth-order valence-electron chi connectivity index (χ4n) is 1.09. The highest BCUT2D eigenvalue weighted by Crippen LogP contribution is 2.27. The van der Waals surface area contributed by atoms with Crippen LogP contribution in [0, 0.1) is 10.1 Å². The van der Waals surface area contributed by atoms with E-state index in [-0.39, 0.29) is 22.1 Å². The number of hydrogen-bond donors (Lipinski definition) is 1. The Balaban J connectivity index is 2.94. The first kappa shape index (κ1) is 15.4. The lowest BCUT2D eigenvalue weighted by Gasteiger charge is -2.02. The fraction of sp³-hybridized carbons (Fsp3) is 0.333. The standard InChI is InChI=1S/C9H10N2O6S2/c1-19(16,17)3-2-18-8-7(11(14)15)4-6(5-10-8)9(12)13/h4-5H,2-3H2,1H3,(H,12,13). The van der Waals surface area contributed by atoms with E-state index in [0.717, 1.165) is 30.3 Å². The molecular formula is C9H10N2O6S2. The van der Waals surface area contributed by atoms with Crippen molar-refractivity contribution < 1.29 is 23.2 Å². The Bertz CT molecular complexity index is 613. The van der Waals surface area contributed by atoms with Gasteiger partial charge < -0.3 is 5.11 Å². The van der Waals surface area contributed by atoms with E-state index in [1.54, 1.807) is 0 Å². The molecule has 0 atom stereocenters. The van der Waals surface area contributed by atoms with Crippen LogP contribution in [0.25, 0.3) is 0 Å². The molecule has 0 aliphatic heterocycles. The van der Waals surface area contributed by atoms with Crippen molar-refractivity contribution in [2.45, 2.75) is 5.03 Å². The quantitative estimate of drug-likeness (QED) is 0.465. The van der Waals surface area contributed by atoms with E-state index in [0.29, 0.717) is 0 Å². The molecular weight excluding hydrogens is 296 g/mol. The van der Waals surface area contributed by atoms with Gasteiger partial charge in [-0.3, -0.25) is 10.1 Å². The summed E-state index contributed by atoms with van der Waals surface area (Å²) >= 11 is 0.898. The van der Waals surface area contributed by atoms with Crippen LogP contribution < -0.4 is 0 Å². The minimum Gasteiger partial charge on any atom is -0.478 e. The Morgan fingerprint density at radius 2 is 2.21 bits per heavy atom. The number of aromatic nitrogens is 1. The molecule has 0 aliphatic rings. The maximum Gasteiger partial charge on any atom is 0.337 e. The Hall–Kier alpha value is -1.68. The zero-order valence-electron chi connectivity index (χ0n) is 9.77. The summed E-state index contributed by atoms with van der Waals surface area (Å²) in [5, 5.41) is 19.5. The highest BCUT2D eigenvalue weighted by atomic mass is 32.2. The van der Waals surface area contributed by atoms with Crippen molar-refractivity contribution in [2.75, 3.05) is 17.8 Å². The minimum atomic E-state index is -3.16. The van der Waals surface area contributed by atoms with Crippen LogP contribution >= 0.6 is 11.8 Å². The van der Waals surface area contributed by atoms with Crippen molar-refractivity contribution >= 4 is 33.3 Å². The number of nitrogens with zero attached hydrogens (tertiary/aromatic N) is 2. The number of pyridine rings is 1. The second-order valence-corrected chi connectivity index (χ2v) is 6.93. The topological polar surface area (TPSA) is 127 Å². The summed E-state index contributed by atoms with van der Waals surface area (Å²) < 4.78 is 21.9. The molecule has 1 rings (SSSR count). The van der Waals surface area contributed by atoms with E-state index in [2.05, 4.69) is 4.98 Å². The smallest absolute Gasteiger partial charge is 0.337 e. The average Bonchev–Trinajstić information content (AvgIpc) is 2.27. The molecule has 1 aromatic rings. The Labute approximate surface area is 112 Å². The lowest BCUT2D eigenvalue weighted by atomic mass is 10.3. The number of carboxylic acid groups (broad SMARTS) is 1. The van der Waals surface area contributed by atoms with Crippen molar-refractivity contribution in [3.63, 3.8) is 0 Å². The van der Waals surface area contributed by atoms with Gasteiger partial charge in [-0.1, -0.05) is 11.8 Å². The number of carboxylic acids is 1. The predicted molar refractivity (Wildman–Crippen MR) is 68.3 cm³/mol. The van der Waals surface area contributed by atoms with Crippen molar-refractivity contribution in [1.29, 1.82) is 0 Å². The molecule has 0 unspecified atom stereocenters. The maximum atomic E-state index is 10.9. The summed E-state index contributed by atoms with van der Waals surface area (Å²) in [6.07, 6.45) is 2.06. The lowest BCUT2D eigenvalue weighted by molar-refractivity contribution is -0.388. The monoisotopic (exact) mass is 306 g/mol. The van der Waals surface area contributed by atoms with Crippen molar-refractivity contribution in [2.24, 2.45) is 0 Å². The summed E-state index contributed by atoms with van der Waals surface area (Å²) in [7, 11) is -3.16. The first-order valence-corrected chi connectivity index (χ1v) is 7.93. The molecule has 1 heterocycles. The van der Waals surface area contributed by atoms with Gasteiger partial charge in [-0.25, -0.2) is 18.2 Å². The molecule has 0 aliphatic carbocycles. The number of nitro groups is 1. The molecule has 0 amide bonds. The molecule has 10 heteroatoms. The number of sulfone groups is 1. The van der Waals surface area contributed by atoms with Crippen LogP contribution in [0.2, 0.25) is 0 Å². The molecule has 19 heavy (non-hydrogen) atoms. The van der Waals surface area contributed by atoms with Crippen LogP contribution in [-0.2, 0) is 9.84 Å². The molecule has 0 bridgehead atoms. The van der Waals surface area contributed by atoms with Gasteiger partial charge in [0.25, 0.3) is 0 Å². The van der Waals surface area contributed by atoms with Crippen LogP contribution in [0.3, 0.4) is 0 Å². The molecule has 0 saturated carbocycles. The molecule has 8 nitrogen and oxygen atoms in total. The fourth-order valence-corrected chi connectivity index (χ4v) is 3.24. The molecule has 0 fully saturated rings. The van der Waals surface area contributed by atoms with Gasteiger partial charge in [0.15, 0.2) is 5.03 Å². The molecule has 104 valence electrons. The molecule has 0 radical (unpaired) electrons.